The first-order valence-corrected chi connectivity index (χ1v) is 15.0. The Labute approximate surface area is 220 Å². The molecule has 0 spiro atoms. The SMILES string of the molecule is CC(C)(C)c1ccccc1[I+]c1ccccc1C(C)(C)C.O=[N+]([O-])c1cc(S(=O)(=O)[O-])sc1Cl. The molecule has 184 valence electrons. The number of halogens is 2. The minimum absolute atomic E-state index is 0.147. The summed E-state index contributed by atoms with van der Waals surface area (Å²) in [4.78, 5) is 9.34. The quantitative estimate of drug-likeness (QED) is 0.189. The molecule has 0 unspecified atom stereocenters. The van der Waals surface area contributed by atoms with Crippen molar-refractivity contribution >= 4 is 38.7 Å². The maximum atomic E-state index is 10.4. The van der Waals surface area contributed by atoms with Crippen LogP contribution in [0.2, 0.25) is 4.34 Å². The third kappa shape index (κ3) is 7.74. The van der Waals surface area contributed by atoms with Gasteiger partial charge in [0.25, 0.3) is 5.69 Å². The van der Waals surface area contributed by atoms with Gasteiger partial charge in [0.1, 0.15) is 14.3 Å². The molecule has 3 aromatic rings. The third-order valence-corrected chi connectivity index (χ3v) is 10.3. The maximum Gasteiger partial charge on any atom is 0.358 e. The number of nitro groups is 1. The molecule has 0 aliphatic heterocycles. The summed E-state index contributed by atoms with van der Waals surface area (Å²) in [7, 11) is -4.66. The Morgan fingerprint density at radius 3 is 1.59 bits per heavy atom. The maximum absolute atomic E-state index is 10.4. The molecule has 0 N–H and O–H groups in total. The fourth-order valence-electron chi connectivity index (χ4n) is 3.00. The highest BCUT2D eigenvalue weighted by Crippen LogP contribution is 2.35. The van der Waals surface area contributed by atoms with Crippen LogP contribution in [0.15, 0.2) is 58.8 Å². The molecule has 0 atom stereocenters. The van der Waals surface area contributed by atoms with Gasteiger partial charge in [0.05, 0.1) is 4.92 Å². The van der Waals surface area contributed by atoms with E-state index in [2.05, 4.69) is 90.1 Å². The summed E-state index contributed by atoms with van der Waals surface area (Å²) in [5.74, 6) is 0. The predicted molar refractivity (Wildman–Crippen MR) is 132 cm³/mol. The zero-order valence-corrected chi connectivity index (χ0v) is 24.3. The second-order valence-electron chi connectivity index (χ2n) is 9.49. The van der Waals surface area contributed by atoms with Crippen molar-refractivity contribution in [2.45, 2.75) is 56.6 Å². The normalized spacial score (nSPS) is 12.1. The largest absolute Gasteiger partial charge is 0.743 e. The lowest BCUT2D eigenvalue weighted by molar-refractivity contribution is -0.599. The number of thiophene rings is 1. The van der Waals surface area contributed by atoms with E-state index in [1.54, 1.807) is 7.14 Å². The summed E-state index contributed by atoms with van der Waals surface area (Å²) >= 11 is 5.55. The van der Waals surface area contributed by atoms with Crippen molar-refractivity contribution in [2.75, 3.05) is 0 Å². The standard InChI is InChI=1S/C20H26I.C4H2ClNO5S2/c1-19(2,3)15-11-7-9-13-17(15)21-18-14-10-8-12-16(18)20(4,5)6;5-4-2(6(7)8)1-3(12-4)13(9,10)11/h7-14H,1-6H3;1H,(H,9,10,11)/q+1;/p-1. The Kier molecular flexibility index (Phi) is 9.31. The van der Waals surface area contributed by atoms with Gasteiger partial charge in [-0.3, -0.25) is 10.1 Å². The Bertz CT molecular complexity index is 1220. The lowest BCUT2D eigenvalue weighted by Crippen LogP contribution is -3.62. The third-order valence-electron chi connectivity index (χ3n) is 4.66. The summed E-state index contributed by atoms with van der Waals surface area (Å²) in [6.07, 6.45) is 0. The topological polar surface area (TPSA) is 100 Å². The number of hydrogen-bond acceptors (Lipinski definition) is 6. The van der Waals surface area contributed by atoms with Crippen LogP contribution < -0.4 is 21.2 Å². The number of nitrogens with zero attached hydrogens (tertiary/aromatic N) is 1. The number of rotatable bonds is 4. The monoisotopic (exact) mass is 635 g/mol. The highest BCUT2D eigenvalue weighted by molar-refractivity contribution is 7.88. The van der Waals surface area contributed by atoms with Crippen LogP contribution in [-0.2, 0) is 20.9 Å². The van der Waals surface area contributed by atoms with Gasteiger partial charge < -0.3 is 4.55 Å². The molecule has 0 radical (unpaired) electrons. The van der Waals surface area contributed by atoms with E-state index in [0.717, 1.165) is 0 Å². The average molecular weight is 636 g/mol. The second kappa shape index (κ2) is 11.0. The molecule has 1 aromatic heterocycles. The molecule has 0 aliphatic rings. The molecule has 3 rings (SSSR count). The van der Waals surface area contributed by atoms with Crippen LogP contribution >= 0.6 is 22.9 Å². The molecule has 10 heteroatoms. The van der Waals surface area contributed by atoms with Crippen molar-refractivity contribution < 1.29 is 39.1 Å². The van der Waals surface area contributed by atoms with Crippen molar-refractivity contribution in [1.82, 2.24) is 0 Å². The van der Waals surface area contributed by atoms with E-state index in [-0.39, 0.29) is 36.4 Å². The molecule has 2 aromatic carbocycles. The van der Waals surface area contributed by atoms with E-state index < -0.39 is 24.9 Å². The van der Waals surface area contributed by atoms with Crippen LogP contribution in [-0.4, -0.2) is 17.9 Å². The number of hydrogen-bond donors (Lipinski definition) is 0. The van der Waals surface area contributed by atoms with E-state index in [0.29, 0.717) is 17.4 Å². The van der Waals surface area contributed by atoms with E-state index in [1.807, 2.05) is 0 Å². The lowest BCUT2D eigenvalue weighted by atomic mass is 9.87. The zero-order valence-electron chi connectivity index (χ0n) is 19.8. The molecule has 6 nitrogen and oxygen atoms in total. The average Bonchev–Trinajstić information content (AvgIpc) is 3.10. The first-order chi connectivity index (χ1) is 15.5. The summed E-state index contributed by atoms with van der Waals surface area (Å²) in [6.45, 7) is 13.9. The highest BCUT2D eigenvalue weighted by Gasteiger charge is 2.31. The zero-order chi connectivity index (χ0) is 25.9. The molecular weight excluding hydrogens is 609 g/mol. The van der Waals surface area contributed by atoms with Crippen molar-refractivity contribution in [2.24, 2.45) is 0 Å². The van der Waals surface area contributed by atoms with Crippen molar-refractivity contribution in [1.29, 1.82) is 0 Å². The Morgan fingerprint density at radius 1 is 0.882 bits per heavy atom. The van der Waals surface area contributed by atoms with E-state index in [1.165, 1.54) is 11.1 Å². The van der Waals surface area contributed by atoms with Crippen LogP contribution in [0.4, 0.5) is 5.69 Å². The fraction of sp³-hybridized carbons (Fsp3) is 0.333. The molecule has 34 heavy (non-hydrogen) atoms. The Morgan fingerprint density at radius 2 is 1.29 bits per heavy atom. The van der Waals surface area contributed by atoms with Gasteiger partial charge in [0.15, 0.2) is 11.5 Å². The first kappa shape index (κ1) is 28.7. The Balaban J connectivity index is 0.000000270. The minimum Gasteiger partial charge on any atom is -0.743 e. The minimum atomic E-state index is -4.66. The molecule has 0 saturated heterocycles. The first-order valence-electron chi connectivity index (χ1n) is 10.3. The Hall–Kier alpha value is -1.53. The molecule has 0 amide bonds. The predicted octanol–water partition coefficient (Wildman–Crippen LogP) is 3.62. The van der Waals surface area contributed by atoms with Gasteiger partial charge >= 0.3 is 21.2 Å². The molecule has 1 heterocycles. The van der Waals surface area contributed by atoms with Gasteiger partial charge in [-0.1, -0.05) is 89.5 Å². The van der Waals surface area contributed by atoms with Gasteiger partial charge in [-0.25, -0.2) is 8.42 Å². The smallest absolute Gasteiger partial charge is 0.358 e. The van der Waals surface area contributed by atoms with Gasteiger partial charge in [-0.2, -0.15) is 0 Å². The van der Waals surface area contributed by atoms with E-state index in [4.69, 9.17) is 11.6 Å². The molecule has 0 aliphatic carbocycles. The fourth-order valence-corrected chi connectivity index (χ4v) is 8.97. The molecule has 0 bridgehead atoms. The summed E-state index contributed by atoms with van der Waals surface area (Å²) in [5.41, 5.74) is 2.86. The second-order valence-corrected chi connectivity index (χ2v) is 15.6. The molecule has 0 saturated carbocycles. The van der Waals surface area contributed by atoms with E-state index >= 15 is 0 Å². The lowest BCUT2D eigenvalue weighted by Gasteiger charge is -2.20. The summed E-state index contributed by atoms with van der Waals surface area (Å²) in [5, 5.41) is 10.2. The van der Waals surface area contributed by atoms with Crippen LogP contribution in [0.5, 0.6) is 0 Å². The number of benzene rings is 2. The van der Waals surface area contributed by atoms with Crippen molar-refractivity contribution in [3.05, 3.63) is 87.3 Å². The summed E-state index contributed by atoms with van der Waals surface area (Å²) < 4.78 is 33.3. The van der Waals surface area contributed by atoms with Crippen LogP contribution in [0.1, 0.15) is 52.7 Å². The van der Waals surface area contributed by atoms with Crippen molar-refractivity contribution in [3.63, 3.8) is 0 Å². The molecular formula is C24H27ClINO5S2. The highest BCUT2D eigenvalue weighted by atomic mass is 127. The van der Waals surface area contributed by atoms with Crippen molar-refractivity contribution in [3.8, 4) is 0 Å². The van der Waals surface area contributed by atoms with Gasteiger partial charge in [-0.15, -0.1) is 11.3 Å². The van der Waals surface area contributed by atoms with Gasteiger partial charge in [-0.05, 0) is 23.0 Å². The van der Waals surface area contributed by atoms with Crippen LogP contribution in [0, 0.1) is 17.3 Å². The molecule has 0 fully saturated rings. The van der Waals surface area contributed by atoms with E-state index in [9.17, 15) is 23.1 Å². The van der Waals surface area contributed by atoms with Gasteiger partial charge in [0.2, 0.25) is 0 Å². The van der Waals surface area contributed by atoms with Gasteiger partial charge in [0, 0.05) is 17.2 Å². The van der Waals surface area contributed by atoms with Crippen LogP contribution in [0.3, 0.4) is 0 Å². The van der Waals surface area contributed by atoms with Crippen LogP contribution in [0.25, 0.3) is 0 Å². The summed E-state index contributed by atoms with van der Waals surface area (Å²) in [6, 6.07) is 18.6.